The molecule has 3 rings (SSSR count). The van der Waals surface area contributed by atoms with Crippen LogP contribution in [0.5, 0.6) is 5.75 Å². The van der Waals surface area contributed by atoms with E-state index in [0.717, 1.165) is 18.0 Å². The van der Waals surface area contributed by atoms with E-state index in [1.54, 1.807) is 9.36 Å². The molecule has 0 fully saturated rings. The van der Waals surface area contributed by atoms with E-state index in [4.69, 9.17) is 17.0 Å². The summed E-state index contributed by atoms with van der Waals surface area (Å²) in [6, 6.07) is 18.0. The average molecular weight is 356 g/mol. The van der Waals surface area contributed by atoms with Gasteiger partial charge < -0.3 is 9.64 Å². The van der Waals surface area contributed by atoms with Crippen LogP contribution >= 0.6 is 12.2 Å². The molecule has 0 aliphatic heterocycles. The lowest BCUT2D eigenvalue weighted by atomic mass is 10.2. The third kappa shape index (κ3) is 4.32. The fourth-order valence-corrected chi connectivity index (χ4v) is 2.88. The highest BCUT2D eigenvalue weighted by atomic mass is 32.1. The lowest BCUT2D eigenvalue weighted by molar-refractivity contribution is -0.917. The highest BCUT2D eigenvalue weighted by Gasteiger charge is 2.10. The van der Waals surface area contributed by atoms with Gasteiger partial charge in [0.25, 0.3) is 0 Å². The molecule has 1 heterocycles. The predicted octanol–water partition coefficient (Wildman–Crippen LogP) is 1.87. The van der Waals surface area contributed by atoms with Crippen molar-refractivity contribution in [3.63, 3.8) is 0 Å². The van der Waals surface area contributed by atoms with Crippen LogP contribution in [-0.2, 0) is 13.2 Å². The minimum absolute atomic E-state index is 0.595. The van der Waals surface area contributed by atoms with Crippen LogP contribution in [0.15, 0.2) is 54.6 Å². The topological polar surface area (TPSA) is 49.3 Å². The van der Waals surface area contributed by atoms with Crippen LogP contribution in [0.2, 0.25) is 0 Å². The third-order valence-corrected chi connectivity index (χ3v) is 4.18. The van der Waals surface area contributed by atoms with Crippen LogP contribution in [0.3, 0.4) is 0 Å². The normalized spacial score (nSPS) is 12.1. The number of nitrogens with one attached hydrogen (secondary N) is 1. The first-order chi connectivity index (χ1) is 12.2. The summed E-state index contributed by atoms with van der Waals surface area (Å²) in [7, 11) is 2.11. The van der Waals surface area contributed by atoms with Gasteiger partial charge in [-0.1, -0.05) is 18.2 Å². The summed E-state index contributed by atoms with van der Waals surface area (Å²) in [5.74, 6) is 0.900. The second-order valence-electron chi connectivity index (χ2n) is 5.88. The number of aromatic nitrogens is 4. The van der Waals surface area contributed by atoms with Gasteiger partial charge >= 0.3 is 0 Å². The zero-order chi connectivity index (χ0) is 17.6. The number of hydrogen-bond acceptors (Lipinski definition) is 4. The molecule has 0 saturated carbocycles. The van der Waals surface area contributed by atoms with Gasteiger partial charge in [0, 0.05) is 5.56 Å². The summed E-state index contributed by atoms with van der Waals surface area (Å²) < 4.78 is 9.51. The molecule has 0 aliphatic carbocycles. The largest absolute Gasteiger partial charge is 0.494 e. The minimum atomic E-state index is 0.595. The standard InChI is InChI=1S/C18H21N5OS/c1-3-24-17-11-9-15(10-12-17)13-21(2)14-22-18(25)23(20-19-22)16-7-5-4-6-8-16/h4-12H,3,13-14H2,1-2H3/p+1. The SMILES string of the molecule is CCOc1ccc(C[NH+](C)Cn2nnn(-c3ccccc3)c2=S)cc1. The Morgan fingerprint density at radius 3 is 2.44 bits per heavy atom. The molecule has 2 aromatic carbocycles. The van der Waals surface area contributed by atoms with Crippen LogP contribution in [0.4, 0.5) is 0 Å². The van der Waals surface area contributed by atoms with Gasteiger partial charge in [-0.2, -0.15) is 9.36 Å². The molecule has 130 valence electrons. The van der Waals surface area contributed by atoms with E-state index in [1.807, 2.05) is 49.4 Å². The summed E-state index contributed by atoms with van der Waals surface area (Å²) in [5.41, 5.74) is 2.16. The summed E-state index contributed by atoms with van der Waals surface area (Å²) in [6.07, 6.45) is 0. The number of ether oxygens (including phenoxy) is 1. The van der Waals surface area contributed by atoms with E-state index in [0.29, 0.717) is 18.0 Å². The van der Waals surface area contributed by atoms with E-state index in [1.165, 1.54) is 10.5 Å². The molecule has 0 spiro atoms. The van der Waals surface area contributed by atoms with Crippen LogP contribution < -0.4 is 9.64 Å². The lowest BCUT2D eigenvalue weighted by Crippen LogP contribution is -3.07. The van der Waals surface area contributed by atoms with E-state index < -0.39 is 0 Å². The molecule has 1 atom stereocenters. The van der Waals surface area contributed by atoms with E-state index in [2.05, 4.69) is 29.6 Å². The fraction of sp³-hybridized carbons (Fsp3) is 0.278. The second-order valence-corrected chi connectivity index (χ2v) is 6.24. The maximum absolute atomic E-state index is 5.51. The third-order valence-electron chi connectivity index (χ3n) is 3.80. The molecule has 0 saturated heterocycles. The predicted molar refractivity (Wildman–Crippen MR) is 98.4 cm³/mol. The summed E-state index contributed by atoms with van der Waals surface area (Å²) >= 11 is 5.51. The van der Waals surface area contributed by atoms with Crippen molar-refractivity contribution < 1.29 is 9.64 Å². The molecule has 0 bridgehead atoms. The van der Waals surface area contributed by atoms with Crippen molar-refractivity contribution in [1.82, 2.24) is 19.8 Å². The molecular formula is C18H22N5OS+. The van der Waals surface area contributed by atoms with Crippen molar-refractivity contribution in [2.24, 2.45) is 0 Å². The van der Waals surface area contributed by atoms with Gasteiger partial charge in [0.15, 0.2) is 6.67 Å². The Bertz CT molecular complexity index is 857. The van der Waals surface area contributed by atoms with Crippen LogP contribution in [-0.4, -0.2) is 33.4 Å². The number of quaternary nitrogens is 1. The summed E-state index contributed by atoms with van der Waals surface area (Å²) in [4.78, 5) is 1.26. The van der Waals surface area contributed by atoms with Gasteiger partial charge in [-0.05, 0) is 66.0 Å². The number of rotatable bonds is 7. The van der Waals surface area contributed by atoms with Crippen molar-refractivity contribution in [1.29, 1.82) is 0 Å². The molecule has 1 aromatic heterocycles. The maximum Gasteiger partial charge on any atom is 0.225 e. The monoisotopic (exact) mass is 356 g/mol. The highest BCUT2D eigenvalue weighted by Crippen LogP contribution is 2.11. The molecule has 0 amide bonds. The zero-order valence-corrected chi connectivity index (χ0v) is 15.2. The average Bonchev–Trinajstić information content (AvgIpc) is 2.98. The molecule has 3 aromatic rings. The van der Waals surface area contributed by atoms with Gasteiger partial charge in [0.05, 0.1) is 19.3 Å². The molecule has 6 nitrogen and oxygen atoms in total. The van der Waals surface area contributed by atoms with Crippen molar-refractivity contribution >= 4 is 12.2 Å². The highest BCUT2D eigenvalue weighted by molar-refractivity contribution is 7.71. The molecule has 1 N–H and O–H groups in total. The number of benzene rings is 2. The lowest BCUT2D eigenvalue weighted by Gasteiger charge is -2.13. The first kappa shape index (κ1) is 17.3. The Morgan fingerprint density at radius 1 is 1.04 bits per heavy atom. The van der Waals surface area contributed by atoms with Crippen molar-refractivity contribution in [3.05, 3.63) is 64.9 Å². The molecule has 0 aliphatic rings. The fourth-order valence-electron chi connectivity index (χ4n) is 2.63. The first-order valence-electron chi connectivity index (χ1n) is 8.28. The van der Waals surface area contributed by atoms with Gasteiger partial charge in [-0.25, -0.2) is 0 Å². The van der Waals surface area contributed by atoms with Gasteiger partial charge in [-0.15, -0.1) is 0 Å². The Kier molecular flexibility index (Phi) is 5.57. The smallest absolute Gasteiger partial charge is 0.225 e. The number of hydrogen-bond donors (Lipinski definition) is 1. The summed E-state index contributed by atoms with van der Waals surface area (Å²) in [5, 5.41) is 8.37. The Hall–Kier alpha value is -2.51. The zero-order valence-electron chi connectivity index (χ0n) is 14.4. The second kappa shape index (κ2) is 8.04. The van der Waals surface area contributed by atoms with E-state index in [9.17, 15) is 0 Å². The molecule has 0 radical (unpaired) electrons. The number of para-hydroxylation sites is 1. The minimum Gasteiger partial charge on any atom is -0.494 e. The van der Waals surface area contributed by atoms with E-state index >= 15 is 0 Å². The van der Waals surface area contributed by atoms with Crippen molar-refractivity contribution in [3.8, 4) is 11.4 Å². The molecule has 1 unspecified atom stereocenters. The first-order valence-corrected chi connectivity index (χ1v) is 8.69. The maximum atomic E-state index is 5.51. The van der Waals surface area contributed by atoms with Crippen LogP contribution in [0, 0.1) is 4.77 Å². The number of tetrazole rings is 1. The van der Waals surface area contributed by atoms with Gasteiger partial charge in [0.1, 0.15) is 12.3 Å². The van der Waals surface area contributed by atoms with Crippen molar-refractivity contribution in [2.45, 2.75) is 20.1 Å². The molecule has 25 heavy (non-hydrogen) atoms. The quantitative estimate of drug-likeness (QED) is 0.657. The van der Waals surface area contributed by atoms with Crippen LogP contribution in [0.1, 0.15) is 12.5 Å². The molecular weight excluding hydrogens is 334 g/mol. The van der Waals surface area contributed by atoms with E-state index in [-0.39, 0.29) is 0 Å². The molecule has 7 heteroatoms. The van der Waals surface area contributed by atoms with Crippen LogP contribution in [0.25, 0.3) is 5.69 Å². The summed E-state index contributed by atoms with van der Waals surface area (Å²) in [6.45, 7) is 4.18. The Morgan fingerprint density at radius 2 is 1.76 bits per heavy atom. The van der Waals surface area contributed by atoms with Gasteiger partial charge in [0.2, 0.25) is 4.77 Å². The van der Waals surface area contributed by atoms with Gasteiger partial charge in [-0.3, -0.25) is 0 Å². The Labute approximate surface area is 152 Å². The van der Waals surface area contributed by atoms with Crippen molar-refractivity contribution in [2.75, 3.05) is 13.7 Å². The number of nitrogens with zero attached hydrogens (tertiary/aromatic N) is 4. The Balaban J connectivity index is 1.66.